The van der Waals surface area contributed by atoms with E-state index in [-0.39, 0.29) is 30.3 Å². The summed E-state index contributed by atoms with van der Waals surface area (Å²) in [5.41, 5.74) is 5.90. The van der Waals surface area contributed by atoms with Crippen molar-refractivity contribution in [1.29, 1.82) is 0 Å². The van der Waals surface area contributed by atoms with Crippen LogP contribution in [0.1, 0.15) is 58.3 Å². The van der Waals surface area contributed by atoms with Gasteiger partial charge in [-0.3, -0.25) is 9.59 Å². The largest absolute Gasteiger partial charge is 0.339 e. The minimum absolute atomic E-state index is 0. The Kier molecular flexibility index (Phi) is 8.92. The second-order valence-electron chi connectivity index (χ2n) is 6.81. The van der Waals surface area contributed by atoms with Gasteiger partial charge in [0.25, 0.3) is 0 Å². The Morgan fingerprint density at radius 3 is 2.17 bits per heavy atom. The molecule has 1 saturated carbocycles. The number of carbonyl (C=O) groups is 2. The van der Waals surface area contributed by atoms with Gasteiger partial charge in [-0.25, -0.2) is 0 Å². The predicted molar refractivity (Wildman–Crippen MR) is 94.5 cm³/mol. The van der Waals surface area contributed by atoms with Crippen molar-refractivity contribution in [2.75, 3.05) is 26.2 Å². The Hall–Kier alpha value is -0.810. The smallest absolute Gasteiger partial charge is 0.239 e. The summed E-state index contributed by atoms with van der Waals surface area (Å²) in [7, 11) is 0. The highest BCUT2D eigenvalue weighted by molar-refractivity contribution is 5.85. The van der Waals surface area contributed by atoms with Crippen molar-refractivity contribution in [3.8, 4) is 0 Å². The molecule has 1 saturated heterocycles. The van der Waals surface area contributed by atoms with E-state index in [0.29, 0.717) is 38.5 Å². The predicted octanol–water partition coefficient (Wildman–Crippen LogP) is 2.18. The lowest BCUT2D eigenvalue weighted by atomic mass is 9.86. The first-order valence-electron chi connectivity index (χ1n) is 8.94. The monoisotopic (exact) mass is 345 g/mol. The fourth-order valence-electron chi connectivity index (χ4n) is 3.61. The number of carbonyl (C=O) groups excluding carboxylic acids is 2. The molecule has 134 valence electrons. The van der Waals surface area contributed by atoms with Crippen LogP contribution in [0.5, 0.6) is 0 Å². The SMILES string of the molecule is CCCC(N)C(=O)N1CCN(C(=O)CC2CCCCC2)CC1.Cl. The molecule has 0 radical (unpaired) electrons. The van der Waals surface area contributed by atoms with Gasteiger partial charge in [0.1, 0.15) is 0 Å². The fraction of sp³-hybridized carbons (Fsp3) is 0.882. The van der Waals surface area contributed by atoms with Crippen LogP contribution in [0.2, 0.25) is 0 Å². The number of rotatable bonds is 5. The van der Waals surface area contributed by atoms with Gasteiger partial charge in [-0.1, -0.05) is 32.6 Å². The molecule has 1 atom stereocenters. The summed E-state index contributed by atoms with van der Waals surface area (Å²) >= 11 is 0. The standard InChI is InChI=1S/C17H31N3O2.ClH/c1-2-6-15(18)17(22)20-11-9-19(10-12-20)16(21)13-14-7-4-3-5-8-14;/h14-15H,2-13,18H2,1H3;1H. The van der Waals surface area contributed by atoms with Crippen LogP contribution in [-0.2, 0) is 9.59 Å². The van der Waals surface area contributed by atoms with Crippen LogP contribution in [-0.4, -0.2) is 53.8 Å². The number of hydrogen-bond donors (Lipinski definition) is 1. The van der Waals surface area contributed by atoms with E-state index in [1.165, 1.54) is 32.1 Å². The second kappa shape index (κ2) is 10.1. The first-order chi connectivity index (χ1) is 10.6. The van der Waals surface area contributed by atoms with Gasteiger partial charge in [-0.05, 0) is 25.2 Å². The third kappa shape index (κ3) is 5.96. The molecule has 2 aliphatic rings. The van der Waals surface area contributed by atoms with Crippen molar-refractivity contribution in [2.24, 2.45) is 11.7 Å². The molecule has 0 aromatic rings. The summed E-state index contributed by atoms with van der Waals surface area (Å²) in [6.07, 6.45) is 8.64. The Morgan fingerprint density at radius 2 is 1.61 bits per heavy atom. The maximum atomic E-state index is 12.4. The topological polar surface area (TPSA) is 66.6 Å². The molecule has 0 aromatic carbocycles. The zero-order chi connectivity index (χ0) is 15.9. The molecular formula is C17H32ClN3O2. The minimum atomic E-state index is -0.380. The third-order valence-electron chi connectivity index (χ3n) is 5.05. The van der Waals surface area contributed by atoms with Crippen LogP contribution >= 0.6 is 12.4 Å². The number of hydrogen-bond acceptors (Lipinski definition) is 3. The number of nitrogens with zero attached hydrogens (tertiary/aromatic N) is 2. The van der Waals surface area contributed by atoms with Crippen molar-refractivity contribution < 1.29 is 9.59 Å². The van der Waals surface area contributed by atoms with Crippen LogP contribution in [0, 0.1) is 5.92 Å². The number of halogens is 1. The van der Waals surface area contributed by atoms with Gasteiger partial charge in [0.05, 0.1) is 6.04 Å². The first-order valence-corrected chi connectivity index (χ1v) is 8.94. The highest BCUT2D eigenvalue weighted by atomic mass is 35.5. The van der Waals surface area contributed by atoms with Gasteiger partial charge in [-0.2, -0.15) is 0 Å². The lowest BCUT2D eigenvalue weighted by molar-refractivity contribution is -0.141. The van der Waals surface area contributed by atoms with Crippen LogP contribution < -0.4 is 5.73 Å². The number of amides is 2. The molecule has 1 heterocycles. The fourth-order valence-corrected chi connectivity index (χ4v) is 3.61. The van der Waals surface area contributed by atoms with Crippen LogP contribution in [0.3, 0.4) is 0 Å². The molecule has 1 aliphatic carbocycles. The highest BCUT2D eigenvalue weighted by Gasteiger charge is 2.28. The molecule has 2 N–H and O–H groups in total. The van der Waals surface area contributed by atoms with E-state index in [9.17, 15) is 9.59 Å². The maximum Gasteiger partial charge on any atom is 0.239 e. The molecule has 23 heavy (non-hydrogen) atoms. The molecule has 2 amide bonds. The lowest BCUT2D eigenvalue weighted by Crippen LogP contribution is -2.54. The molecule has 2 rings (SSSR count). The Balaban J connectivity index is 0.00000264. The Morgan fingerprint density at radius 1 is 1.04 bits per heavy atom. The van der Waals surface area contributed by atoms with Crippen molar-refractivity contribution in [2.45, 2.75) is 64.3 Å². The van der Waals surface area contributed by atoms with E-state index in [1.807, 2.05) is 16.7 Å². The summed E-state index contributed by atoms with van der Waals surface area (Å²) in [5.74, 6) is 0.900. The maximum absolute atomic E-state index is 12.4. The average molecular weight is 346 g/mol. The van der Waals surface area contributed by atoms with Gasteiger partial charge in [0.15, 0.2) is 0 Å². The highest BCUT2D eigenvalue weighted by Crippen LogP contribution is 2.27. The van der Waals surface area contributed by atoms with Crippen molar-refractivity contribution in [3.63, 3.8) is 0 Å². The van der Waals surface area contributed by atoms with E-state index in [2.05, 4.69) is 0 Å². The summed E-state index contributed by atoms with van der Waals surface area (Å²) in [5, 5.41) is 0. The molecule has 0 bridgehead atoms. The van der Waals surface area contributed by atoms with E-state index in [1.54, 1.807) is 0 Å². The van der Waals surface area contributed by atoms with E-state index >= 15 is 0 Å². The Labute approximate surface area is 146 Å². The molecule has 1 aliphatic heterocycles. The Bertz CT molecular complexity index is 378. The van der Waals surface area contributed by atoms with E-state index < -0.39 is 0 Å². The van der Waals surface area contributed by atoms with Crippen molar-refractivity contribution in [1.82, 2.24) is 9.80 Å². The molecular weight excluding hydrogens is 314 g/mol. The normalized spacial score (nSPS) is 20.8. The lowest BCUT2D eigenvalue weighted by Gasteiger charge is -2.36. The zero-order valence-electron chi connectivity index (χ0n) is 14.3. The summed E-state index contributed by atoms with van der Waals surface area (Å²) in [6.45, 7) is 4.63. The summed E-state index contributed by atoms with van der Waals surface area (Å²) in [4.78, 5) is 28.3. The van der Waals surface area contributed by atoms with Crippen LogP contribution in [0.4, 0.5) is 0 Å². The molecule has 6 heteroatoms. The summed E-state index contributed by atoms with van der Waals surface area (Å²) < 4.78 is 0. The van der Waals surface area contributed by atoms with Gasteiger partial charge in [0, 0.05) is 32.6 Å². The number of piperazine rings is 1. The third-order valence-corrected chi connectivity index (χ3v) is 5.05. The molecule has 5 nitrogen and oxygen atoms in total. The average Bonchev–Trinajstić information content (AvgIpc) is 2.55. The van der Waals surface area contributed by atoms with Crippen molar-refractivity contribution >= 4 is 24.2 Å². The van der Waals surface area contributed by atoms with Gasteiger partial charge in [0.2, 0.25) is 11.8 Å². The first kappa shape index (κ1) is 20.2. The molecule has 1 unspecified atom stereocenters. The molecule has 2 fully saturated rings. The van der Waals surface area contributed by atoms with Gasteiger partial charge in [-0.15, -0.1) is 12.4 Å². The van der Waals surface area contributed by atoms with Crippen molar-refractivity contribution in [3.05, 3.63) is 0 Å². The molecule has 0 spiro atoms. The zero-order valence-corrected chi connectivity index (χ0v) is 15.2. The quantitative estimate of drug-likeness (QED) is 0.830. The van der Waals surface area contributed by atoms with Crippen LogP contribution in [0.15, 0.2) is 0 Å². The number of nitrogens with two attached hydrogens (primary N) is 1. The summed E-state index contributed by atoms with van der Waals surface area (Å²) in [6, 6.07) is -0.380. The second-order valence-corrected chi connectivity index (χ2v) is 6.81. The molecule has 0 aromatic heterocycles. The van der Waals surface area contributed by atoms with Gasteiger partial charge < -0.3 is 15.5 Å². The van der Waals surface area contributed by atoms with Gasteiger partial charge >= 0.3 is 0 Å². The minimum Gasteiger partial charge on any atom is -0.339 e. The van der Waals surface area contributed by atoms with Crippen LogP contribution in [0.25, 0.3) is 0 Å². The van der Waals surface area contributed by atoms with E-state index in [0.717, 1.165) is 12.8 Å². The van der Waals surface area contributed by atoms with E-state index in [4.69, 9.17) is 5.73 Å².